The standard InChI is InChI=1S/C6H13N5O4.C6H9N3O2/c7-4(5(12)13)2-1-3-9-6(8)10-11(14)15;7-5(6(10)11)1-4-2-8-3-9-4/h4H,1-3,7H2,(H,12,13)(H3,8,9,10);2-3,5H,1,7H2,(H,8,9)(H,10,11)/t4-;5-/m10/s1. The van der Waals surface area contributed by atoms with Crippen molar-refractivity contribution in [2.45, 2.75) is 31.3 Å². The number of nitrogens with zero attached hydrogens (tertiary/aromatic N) is 3. The summed E-state index contributed by atoms with van der Waals surface area (Å²) in [7, 11) is 0. The molecule has 146 valence electrons. The van der Waals surface area contributed by atoms with E-state index in [1.807, 2.05) is 0 Å². The van der Waals surface area contributed by atoms with Crippen LogP contribution in [0.25, 0.3) is 0 Å². The lowest BCUT2D eigenvalue weighted by atomic mass is 10.2. The molecule has 1 heterocycles. The van der Waals surface area contributed by atoms with Gasteiger partial charge in [-0.15, -0.1) is 0 Å². The molecule has 26 heavy (non-hydrogen) atoms. The molecule has 0 radical (unpaired) electrons. The van der Waals surface area contributed by atoms with Crippen LogP contribution in [0.3, 0.4) is 0 Å². The molecule has 1 aromatic rings. The number of nitrogens with one attached hydrogen (secondary N) is 2. The van der Waals surface area contributed by atoms with Crippen LogP contribution in [0.2, 0.25) is 0 Å². The number of hydrogen-bond donors (Lipinski definition) is 7. The first-order valence-corrected chi connectivity index (χ1v) is 7.28. The third-order valence-electron chi connectivity index (χ3n) is 2.79. The Morgan fingerprint density at radius 1 is 1.35 bits per heavy atom. The van der Waals surface area contributed by atoms with E-state index in [-0.39, 0.29) is 25.3 Å². The van der Waals surface area contributed by atoms with Crippen molar-refractivity contribution < 1.29 is 24.8 Å². The number of H-pyrrole nitrogens is 1. The number of guanidine groups is 1. The molecule has 0 saturated heterocycles. The Hall–Kier alpha value is -3.26. The van der Waals surface area contributed by atoms with Crippen molar-refractivity contribution in [3.63, 3.8) is 0 Å². The Labute approximate surface area is 147 Å². The maximum Gasteiger partial charge on any atom is 0.320 e. The van der Waals surface area contributed by atoms with E-state index in [4.69, 9.17) is 27.4 Å². The van der Waals surface area contributed by atoms with Crippen molar-refractivity contribution in [3.05, 3.63) is 28.3 Å². The fourth-order valence-electron chi connectivity index (χ4n) is 1.48. The molecule has 1 rings (SSSR count). The Balaban J connectivity index is 0.000000502. The second-order valence-electron chi connectivity index (χ2n) is 4.95. The number of carboxylic acids is 2. The predicted molar refractivity (Wildman–Crippen MR) is 89.4 cm³/mol. The largest absolute Gasteiger partial charge is 0.480 e. The molecule has 0 spiro atoms. The van der Waals surface area contributed by atoms with E-state index >= 15 is 0 Å². The lowest BCUT2D eigenvalue weighted by molar-refractivity contribution is -0.525. The maximum absolute atomic E-state index is 10.3. The number of aliphatic carboxylic acids is 2. The summed E-state index contributed by atoms with van der Waals surface area (Å²) in [5, 5.41) is 25.9. The second-order valence-corrected chi connectivity index (χ2v) is 4.95. The van der Waals surface area contributed by atoms with Crippen LogP contribution in [-0.2, 0) is 16.0 Å². The first kappa shape index (κ1) is 22.7. The van der Waals surface area contributed by atoms with Crippen LogP contribution < -0.4 is 22.6 Å². The highest BCUT2D eigenvalue weighted by Crippen LogP contribution is 1.95. The predicted octanol–water partition coefficient (Wildman–Crippen LogP) is -2.36. The molecular weight excluding hydrogens is 352 g/mol. The number of nitro groups is 1. The number of aromatic amines is 1. The highest BCUT2D eigenvalue weighted by atomic mass is 16.7. The molecule has 10 N–H and O–H groups in total. The number of imidazole rings is 1. The van der Waals surface area contributed by atoms with E-state index in [2.05, 4.69) is 15.0 Å². The van der Waals surface area contributed by atoms with Crippen molar-refractivity contribution >= 4 is 17.9 Å². The van der Waals surface area contributed by atoms with Gasteiger partial charge in [0.05, 0.1) is 6.33 Å². The average molecular weight is 374 g/mol. The maximum atomic E-state index is 10.3. The van der Waals surface area contributed by atoms with Crippen LogP contribution in [0, 0.1) is 10.1 Å². The van der Waals surface area contributed by atoms with Gasteiger partial charge in [-0.05, 0) is 12.8 Å². The minimum atomic E-state index is -1.09. The van der Waals surface area contributed by atoms with Crippen molar-refractivity contribution in [3.8, 4) is 0 Å². The summed E-state index contributed by atoms with van der Waals surface area (Å²) < 4.78 is 0. The summed E-state index contributed by atoms with van der Waals surface area (Å²) in [5.41, 5.74) is 18.0. The topological polar surface area (TPSA) is 249 Å². The molecular formula is C12H22N8O6. The van der Waals surface area contributed by atoms with E-state index in [9.17, 15) is 19.7 Å². The van der Waals surface area contributed by atoms with Crippen LogP contribution in [0.1, 0.15) is 18.5 Å². The molecule has 0 amide bonds. The number of nitrogens with two attached hydrogens (primary N) is 3. The lowest BCUT2D eigenvalue weighted by Gasteiger charge is -2.03. The normalized spacial score (nSPS) is 13.1. The van der Waals surface area contributed by atoms with Crippen LogP contribution in [0.15, 0.2) is 17.5 Å². The summed E-state index contributed by atoms with van der Waals surface area (Å²) in [6, 6.07) is -1.79. The monoisotopic (exact) mass is 374 g/mol. The first-order valence-electron chi connectivity index (χ1n) is 7.28. The summed E-state index contributed by atoms with van der Waals surface area (Å²) >= 11 is 0. The number of hydrazine groups is 1. The second kappa shape index (κ2) is 12.2. The minimum absolute atomic E-state index is 0.188. The third-order valence-corrected chi connectivity index (χ3v) is 2.79. The number of aromatic nitrogens is 2. The quantitative estimate of drug-likeness (QED) is 0.0791. The van der Waals surface area contributed by atoms with Gasteiger partial charge < -0.3 is 32.4 Å². The molecule has 0 aliphatic heterocycles. The van der Waals surface area contributed by atoms with Gasteiger partial charge in [-0.2, -0.15) is 0 Å². The molecule has 2 atom stereocenters. The molecule has 0 bridgehead atoms. The Morgan fingerprint density at radius 2 is 1.96 bits per heavy atom. The highest BCUT2D eigenvalue weighted by molar-refractivity contribution is 5.76. The molecule has 0 aliphatic rings. The Morgan fingerprint density at radius 3 is 2.42 bits per heavy atom. The SMILES string of the molecule is NC(=NCCC[C@@H](N)C(=O)O)N[N+](=O)[O-].N[C@@H](Cc1cnc[nH]1)C(=O)O. The van der Waals surface area contributed by atoms with Crippen LogP contribution >= 0.6 is 0 Å². The zero-order valence-electron chi connectivity index (χ0n) is 13.7. The highest BCUT2D eigenvalue weighted by Gasteiger charge is 2.12. The first-order chi connectivity index (χ1) is 12.1. The van der Waals surface area contributed by atoms with Gasteiger partial charge in [0.2, 0.25) is 0 Å². The molecule has 0 unspecified atom stereocenters. The van der Waals surface area contributed by atoms with Crippen LogP contribution in [0.4, 0.5) is 0 Å². The summed E-state index contributed by atoms with van der Waals surface area (Å²) in [4.78, 5) is 40.5. The molecule has 0 saturated carbocycles. The van der Waals surface area contributed by atoms with Gasteiger partial charge in [0.25, 0.3) is 5.96 Å². The molecule has 1 aromatic heterocycles. The smallest absolute Gasteiger partial charge is 0.320 e. The zero-order valence-corrected chi connectivity index (χ0v) is 13.7. The van der Waals surface area contributed by atoms with Crippen molar-refractivity contribution in [1.82, 2.24) is 15.4 Å². The van der Waals surface area contributed by atoms with Crippen molar-refractivity contribution in [1.29, 1.82) is 0 Å². The number of rotatable bonds is 9. The number of aliphatic imine (C=N–C) groups is 1. The van der Waals surface area contributed by atoms with E-state index in [0.29, 0.717) is 6.42 Å². The average Bonchev–Trinajstić information content (AvgIpc) is 3.04. The van der Waals surface area contributed by atoms with Crippen LogP contribution in [0.5, 0.6) is 0 Å². The van der Waals surface area contributed by atoms with Gasteiger partial charge >= 0.3 is 11.9 Å². The van der Waals surface area contributed by atoms with Crippen molar-refractivity contribution in [2.24, 2.45) is 22.2 Å². The molecule has 0 aliphatic carbocycles. The van der Waals surface area contributed by atoms with Gasteiger partial charge in [-0.3, -0.25) is 9.59 Å². The van der Waals surface area contributed by atoms with E-state index in [1.54, 1.807) is 11.6 Å². The van der Waals surface area contributed by atoms with E-state index < -0.39 is 29.1 Å². The fraction of sp³-hybridized carbons (Fsp3) is 0.500. The minimum Gasteiger partial charge on any atom is -0.480 e. The number of carbonyl (C=O) groups is 2. The lowest BCUT2D eigenvalue weighted by Crippen LogP contribution is -2.36. The number of carboxylic acid groups (broad SMARTS) is 2. The summed E-state index contributed by atoms with van der Waals surface area (Å²) in [6.07, 6.45) is 3.97. The molecule has 0 aromatic carbocycles. The summed E-state index contributed by atoms with van der Waals surface area (Å²) in [6.45, 7) is 0.188. The fourth-order valence-corrected chi connectivity index (χ4v) is 1.48. The van der Waals surface area contributed by atoms with E-state index in [1.165, 1.54) is 6.33 Å². The Kier molecular flexibility index (Phi) is 10.6. The van der Waals surface area contributed by atoms with Gasteiger partial charge in [-0.1, -0.05) is 5.43 Å². The van der Waals surface area contributed by atoms with E-state index in [0.717, 1.165) is 5.69 Å². The zero-order chi connectivity index (χ0) is 20.1. The summed E-state index contributed by atoms with van der Waals surface area (Å²) in [5.74, 6) is -2.40. The Bertz CT molecular complexity index is 605. The van der Waals surface area contributed by atoms with Gasteiger partial charge in [0.1, 0.15) is 12.1 Å². The van der Waals surface area contributed by atoms with Gasteiger partial charge in [0.15, 0.2) is 5.03 Å². The molecule has 0 fully saturated rings. The van der Waals surface area contributed by atoms with Gasteiger partial charge in [0, 0.05) is 24.9 Å². The van der Waals surface area contributed by atoms with Crippen molar-refractivity contribution in [2.75, 3.05) is 6.54 Å². The third kappa shape index (κ3) is 11.3. The molecule has 14 nitrogen and oxygen atoms in total. The molecule has 14 heteroatoms. The number of hydrogen-bond acceptors (Lipinski definition) is 8. The van der Waals surface area contributed by atoms with Crippen LogP contribution in [-0.4, -0.2) is 61.7 Å². The van der Waals surface area contributed by atoms with Gasteiger partial charge in [-0.25, -0.2) is 20.1 Å².